The van der Waals surface area contributed by atoms with Crippen molar-refractivity contribution in [1.82, 2.24) is 14.5 Å². The number of para-hydroxylation sites is 1. The predicted molar refractivity (Wildman–Crippen MR) is 82.8 cm³/mol. The number of rotatable bonds is 4. The fourth-order valence-electron chi connectivity index (χ4n) is 2.50. The van der Waals surface area contributed by atoms with E-state index in [1.807, 2.05) is 24.0 Å². The molecule has 0 amide bonds. The molecule has 2 aromatic heterocycles. The number of aromatic nitrogens is 3. The maximum atomic E-state index is 4.73. The molecule has 3 rings (SSSR count). The first-order chi connectivity index (χ1) is 9.35. The number of nitrogens with zero attached hydrogens (tertiary/aromatic N) is 3. The molecule has 0 aliphatic carbocycles. The highest BCUT2D eigenvalue weighted by Crippen LogP contribution is 2.25. The first-order valence-electron chi connectivity index (χ1n) is 6.57. The second-order valence-corrected chi connectivity index (χ2v) is 5.52. The summed E-state index contributed by atoms with van der Waals surface area (Å²) in [5.41, 5.74) is 3.29. The van der Waals surface area contributed by atoms with E-state index in [-0.39, 0.29) is 0 Å². The van der Waals surface area contributed by atoms with Gasteiger partial charge >= 0.3 is 0 Å². The van der Waals surface area contributed by atoms with Crippen LogP contribution >= 0.6 is 11.8 Å². The highest BCUT2D eigenvalue weighted by Gasteiger charge is 2.12. The second kappa shape index (κ2) is 5.21. The van der Waals surface area contributed by atoms with Crippen LogP contribution in [0.4, 0.5) is 0 Å². The molecular weight excluding hydrogens is 254 g/mol. The molecule has 19 heavy (non-hydrogen) atoms. The average Bonchev–Trinajstić information content (AvgIpc) is 2.83. The lowest BCUT2D eigenvalue weighted by Gasteiger charge is -2.08. The van der Waals surface area contributed by atoms with Gasteiger partial charge in [0.1, 0.15) is 11.3 Å². The number of benzene rings is 1. The molecule has 1 aromatic carbocycles. The van der Waals surface area contributed by atoms with E-state index in [0.717, 1.165) is 35.6 Å². The summed E-state index contributed by atoms with van der Waals surface area (Å²) in [6.45, 7) is 3.17. The number of aryl methyl sites for hydroxylation is 2. The third kappa shape index (κ3) is 2.10. The van der Waals surface area contributed by atoms with Crippen LogP contribution in [0.2, 0.25) is 0 Å². The lowest BCUT2D eigenvalue weighted by molar-refractivity contribution is 0.734. The van der Waals surface area contributed by atoms with Crippen LogP contribution in [-0.2, 0) is 13.0 Å². The summed E-state index contributed by atoms with van der Waals surface area (Å²) in [7, 11) is 0. The lowest BCUT2D eigenvalue weighted by Crippen LogP contribution is -2.05. The van der Waals surface area contributed by atoms with Gasteiger partial charge in [0, 0.05) is 24.1 Å². The Hall–Kier alpha value is -1.55. The topological polar surface area (TPSA) is 30.7 Å². The molecule has 2 heterocycles. The van der Waals surface area contributed by atoms with Gasteiger partial charge in [-0.2, -0.15) is 11.8 Å². The van der Waals surface area contributed by atoms with Gasteiger partial charge < -0.3 is 4.57 Å². The maximum Gasteiger partial charge on any atom is 0.109 e. The zero-order chi connectivity index (χ0) is 13.2. The zero-order valence-corrected chi connectivity index (χ0v) is 12.1. The van der Waals surface area contributed by atoms with Crippen LogP contribution in [0.25, 0.3) is 21.9 Å². The molecule has 4 heteroatoms. The Labute approximate surface area is 117 Å². The molecule has 3 nitrogen and oxygen atoms in total. The number of hydrogen-bond acceptors (Lipinski definition) is 3. The third-order valence-electron chi connectivity index (χ3n) is 3.39. The first kappa shape index (κ1) is 12.5. The summed E-state index contributed by atoms with van der Waals surface area (Å²) < 4.78 is 2.36. The molecule has 98 valence electrons. The van der Waals surface area contributed by atoms with Crippen molar-refractivity contribution < 1.29 is 0 Å². The number of hydrogen-bond donors (Lipinski definition) is 0. The zero-order valence-electron chi connectivity index (χ0n) is 11.3. The molecule has 0 spiro atoms. The number of thioether (sulfide) groups is 1. The van der Waals surface area contributed by atoms with Crippen LogP contribution in [0.3, 0.4) is 0 Å². The van der Waals surface area contributed by atoms with Crippen molar-refractivity contribution >= 4 is 33.7 Å². The van der Waals surface area contributed by atoms with Crippen molar-refractivity contribution in [3.63, 3.8) is 0 Å². The van der Waals surface area contributed by atoms with E-state index in [2.05, 4.69) is 40.9 Å². The van der Waals surface area contributed by atoms with Crippen molar-refractivity contribution in [3.05, 3.63) is 36.3 Å². The molecule has 0 saturated carbocycles. The summed E-state index contributed by atoms with van der Waals surface area (Å²) in [6.07, 6.45) is 4.99. The van der Waals surface area contributed by atoms with Crippen LogP contribution in [0, 0.1) is 0 Å². The van der Waals surface area contributed by atoms with Gasteiger partial charge in [0.05, 0.1) is 17.2 Å². The molecule has 0 radical (unpaired) electrons. The van der Waals surface area contributed by atoms with Crippen LogP contribution in [0.1, 0.15) is 12.7 Å². The van der Waals surface area contributed by atoms with Gasteiger partial charge in [0.2, 0.25) is 0 Å². The van der Waals surface area contributed by atoms with E-state index in [9.17, 15) is 0 Å². The van der Waals surface area contributed by atoms with Gasteiger partial charge in [-0.15, -0.1) is 0 Å². The minimum atomic E-state index is 0.956. The van der Waals surface area contributed by atoms with Gasteiger partial charge in [0.25, 0.3) is 0 Å². The van der Waals surface area contributed by atoms with Crippen LogP contribution in [0.5, 0.6) is 0 Å². The van der Waals surface area contributed by atoms with Crippen molar-refractivity contribution in [2.45, 2.75) is 19.9 Å². The fourth-order valence-corrected chi connectivity index (χ4v) is 2.87. The van der Waals surface area contributed by atoms with Crippen molar-refractivity contribution in [1.29, 1.82) is 0 Å². The summed E-state index contributed by atoms with van der Waals surface area (Å²) in [4.78, 5) is 9.22. The van der Waals surface area contributed by atoms with Crippen molar-refractivity contribution in [2.75, 3.05) is 12.0 Å². The Morgan fingerprint density at radius 3 is 2.84 bits per heavy atom. The Morgan fingerprint density at radius 2 is 2.05 bits per heavy atom. The van der Waals surface area contributed by atoms with Gasteiger partial charge in [0.15, 0.2) is 0 Å². The van der Waals surface area contributed by atoms with E-state index in [1.165, 1.54) is 10.9 Å². The van der Waals surface area contributed by atoms with E-state index in [0.29, 0.717) is 0 Å². The monoisotopic (exact) mass is 271 g/mol. The van der Waals surface area contributed by atoms with Crippen molar-refractivity contribution in [3.8, 4) is 0 Å². The van der Waals surface area contributed by atoms with Gasteiger partial charge in [-0.1, -0.05) is 25.1 Å². The molecular formula is C15H17N3S. The van der Waals surface area contributed by atoms with Gasteiger partial charge in [-0.3, -0.25) is 4.98 Å². The summed E-state index contributed by atoms with van der Waals surface area (Å²) >= 11 is 1.87. The van der Waals surface area contributed by atoms with Crippen LogP contribution < -0.4 is 0 Å². The fraction of sp³-hybridized carbons (Fsp3) is 0.333. The summed E-state index contributed by atoms with van der Waals surface area (Å²) in [5, 5.41) is 1.20. The first-order valence-corrected chi connectivity index (χ1v) is 7.96. The standard InChI is InChI=1S/C15H17N3S/c1-3-14-17-13-10-16-12-7-5-4-6-11(12)15(13)18(14)8-9-19-2/h4-7,10H,3,8-9H2,1-2H3. The van der Waals surface area contributed by atoms with E-state index in [4.69, 9.17) is 4.98 Å². The number of fused-ring (bicyclic) bond motifs is 3. The Balaban J connectivity index is 2.32. The minimum Gasteiger partial charge on any atom is -0.327 e. The molecule has 0 fully saturated rings. The molecule has 0 atom stereocenters. The van der Waals surface area contributed by atoms with Gasteiger partial charge in [-0.25, -0.2) is 4.98 Å². The normalized spacial score (nSPS) is 11.5. The van der Waals surface area contributed by atoms with E-state index < -0.39 is 0 Å². The largest absolute Gasteiger partial charge is 0.327 e. The number of imidazole rings is 1. The van der Waals surface area contributed by atoms with Crippen molar-refractivity contribution in [2.24, 2.45) is 0 Å². The smallest absolute Gasteiger partial charge is 0.109 e. The van der Waals surface area contributed by atoms with Crippen LogP contribution in [-0.4, -0.2) is 26.5 Å². The third-order valence-corrected chi connectivity index (χ3v) is 3.98. The minimum absolute atomic E-state index is 0.956. The highest BCUT2D eigenvalue weighted by molar-refractivity contribution is 7.98. The van der Waals surface area contributed by atoms with Crippen LogP contribution in [0.15, 0.2) is 30.5 Å². The van der Waals surface area contributed by atoms with E-state index >= 15 is 0 Å². The molecule has 3 aromatic rings. The molecule has 0 aliphatic rings. The molecule has 0 aliphatic heterocycles. The quantitative estimate of drug-likeness (QED) is 0.727. The molecule has 0 saturated heterocycles. The Bertz CT molecular complexity index is 718. The Kier molecular flexibility index (Phi) is 3.42. The molecule has 0 bridgehead atoms. The second-order valence-electron chi connectivity index (χ2n) is 4.54. The number of pyridine rings is 1. The lowest BCUT2D eigenvalue weighted by atomic mass is 10.2. The summed E-state index contributed by atoms with van der Waals surface area (Å²) in [5.74, 6) is 2.26. The predicted octanol–water partition coefficient (Wildman–Crippen LogP) is 3.51. The molecule has 0 N–H and O–H groups in total. The highest BCUT2D eigenvalue weighted by atomic mass is 32.2. The van der Waals surface area contributed by atoms with Gasteiger partial charge in [-0.05, 0) is 12.3 Å². The maximum absolute atomic E-state index is 4.73. The Morgan fingerprint density at radius 1 is 1.21 bits per heavy atom. The van der Waals surface area contributed by atoms with E-state index in [1.54, 1.807) is 0 Å². The SMILES string of the molecule is CCc1nc2cnc3ccccc3c2n1CCSC. The summed E-state index contributed by atoms with van der Waals surface area (Å²) in [6, 6.07) is 8.30. The molecule has 0 unspecified atom stereocenters. The average molecular weight is 271 g/mol.